The van der Waals surface area contributed by atoms with Gasteiger partial charge in [0.15, 0.2) is 11.6 Å². The zero-order chi connectivity index (χ0) is 91.4. The van der Waals surface area contributed by atoms with Crippen LogP contribution in [0.5, 0.6) is 0 Å². The van der Waals surface area contributed by atoms with E-state index in [1.165, 1.54) is 10.9 Å². The second kappa shape index (κ2) is 35.1. The summed E-state index contributed by atoms with van der Waals surface area (Å²) in [6, 6.07) is 172. The van der Waals surface area contributed by atoms with E-state index in [9.17, 15) is 0 Å². The molecule has 0 aliphatic heterocycles. The van der Waals surface area contributed by atoms with Crippen molar-refractivity contribution < 1.29 is 13.3 Å². The highest BCUT2D eigenvalue weighted by Crippen LogP contribution is 2.46. The molecule has 0 bridgehead atoms. The van der Waals surface area contributed by atoms with Crippen LogP contribution in [0.1, 0.15) is 0 Å². The van der Waals surface area contributed by atoms with Gasteiger partial charge in [-0.05, 0) is 157 Å². The van der Waals surface area contributed by atoms with E-state index >= 15 is 0 Å². The Balaban J connectivity index is 0.000000110. The van der Waals surface area contributed by atoms with E-state index < -0.39 is 0 Å². The third kappa shape index (κ3) is 15.2. The molecule has 9 heterocycles. The topological polar surface area (TPSA) is 119 Å². The lowest BCUT2D eigenvalue weighted by Gasteiger charge is -2.12. The second-order valence-electron chi connectivity index (χ2n) is 34.5. The fraction of sp³-hybridized carbons (Fsp3) is 0. The summed E-state index contributed by atoms with van der Waals surface area (Å²) in [7, 11) is 0. The highest BCUT2D eigenvalue weighted by Gasteiger charge is 2.25. The summed E-state index contributed by atoms with van der Waals surface area (Å²) in [5.41, 5.74) is 32.0. The van der Waals surface area contributed by atoms with Gasteiger partial charge in [0, 0.05) is 111 Å². The first-order valence-corrected chi connectivity index (χ1v) is 46.4. The fourth-order valence-corrected chi connectivity index (χ4v) is 19.4. The Hall–Kier alpha value is -18.7. The second-order valence-corrected chi connectivity index (χ2v) is 34.5. The predicted octanol–water partition coefficient (Wildman–Crippen LogP) is 33.6. The van der Waals surface area contributed by atoms with Gasteiger partial charge in [0.1, 0.15) is 34.0 Å². The van der Waals surface area contributed by atoms with Crippen LogP contribution < -0.4 is 0 Å². The molecular formula is C127H82N8O3. The molecule has 0 amide bonds. The molecule has 0 fully saturated rings. The van der Waals surface area contributed by atoms with Gasteiger partial charge in [-0.2, -0.15) is 0 Å². The van der Waals surface area contributed by atoms with Gasteiger partial charge in [-0.1, -0.05) is 352 Å². The summed E-state index contributed by atoms with van der Waals surface area (Å²) >= 11 is 0. The standard InChI is InChI=1S/C43H28N2O.2C42H27N3O/c1-4-12-29(13-5-1)34-26-37(30-14-6-2-7-15-30)44-38(27-34)31-20-23-35(24-21-31)45-39-19-11-10-18-36(39)42-40(45)25-22-33-28-41(46-43(33)42)32-16-8-3-9-17-32;1-4-12-28(13-5-1)35-27-36(44-42(43-35)31-16-8-3-9-17-31)29-20-23-33(24-21-29)45-37-19-11-10-18-34(37)40-38(45)25-22-32-26-39(46-41(32)40)30-14-6-2-7-15-30;1-4-12-28(13-5-1)35-27-36(29-14-6-2-7-15-29)44-42(43-35)31-20-23-33(24-21-31)45-37-19-11-10-18-34(37)40-38(45)25-22-32-26-39(46-41(32)40)30-16-8-3-9-17-30/h1-28H;2*1-27H. The molecular weight excluding hydrogens is 1690 g/mol. The molecule has 11 heteroatoms. The van der Waals surface area contributed by atoms with Crippen molar-refractivity contribution in [2.75, 3.05) is 0 Å². The van der Waals surface area contributed by atoms with E-state index in [-0.39, 0.29) is 0 Å². The van der Waals surface area contributed by atoms with Crippen LogP contribution in [0.15, 0.2) is 511 Å². The number of para-hydroxylation sites is 3. The first kappa shape index (κ1) is 81.3. The normalized spacial score (nSPS) is 11.5. The molecule has 18 aromatic carbocycles. The summed E-state index contributed by atoms with van der Waals surface area (Å²) in [5, 5.41) is 10.1. The number of hydrogen-bond acceptors (Lipinski definition) is 8. The quantitative estimate of drug-likeness (QED) is 0.0996. The molecule has 0 N–H and O–H groups in total. The van der Waals surface area contributed by atoms with Gasteiger partial charge in [-0.15, -0.1) is 0 Å². The Labute approximate surface area is 794 Å². The molecule has 648 valence electrons. The number of pyridine rings is 1. The molecule has 0 aliphatic carbocycles. The minimum absolute atomic E-state index is 0.694. The lowest BCUT2D eigenvalue weighted by atomic mass is 10.00. The van der Waals surface area contributed by atoms with Crippen LogP contribution in [0.3, 0.4) is 0 Å². The minimum atomic E-state index is 0.694. The summed E-state index contributed by atoms with van der Waals surface area (Å²) in [6.45, 7) is 0. The molecule has 0 aliphatic rings. The lowest BCUT2D eigenvalue weighted by molar-refractivity contribution is 0.635. The summed E-state index contributed by atoms with van der Waals surface area (Å²) in [6.07, 6.45) is 0. The van der Waals surface area contributed by atoms with Crippen LogP contribution in [-0.4, -0.2) is 38.6 Å². The number of rotatable bonds is 15. The van der Waals surface area contributed by atoms with Gasteiger partial charge >= 0.3 is 0 Å². The molecule has 27 aromatic rings. The lowest BCUT2D eigenvalue weighted by Crippen LogP contribution is -1.97. The third-order valence-electron chi connectivity index (χ3n) is 26.1. The van der Waals surface area contributed by atoms with Crippen LogP contribution in [0.4, 0.5) is 0 Å². The highest BCUT2D eigenvalue weighted by molar-refractivity contribution is 6.23. The van der Waals surface area contributed by atoms with Gasteiger partial charge in [0.25, 0.3) is 0 Å². The number of furan rings is 3. The SMILES string of the molecule is c1ccc(-c2cc(-c3ccc(-n4c5ccccc5c5c6oc(-c7ccccc7)cc6ccc54)cc3)nc(-c3ccccc3)n2)cc1.c1ccc(-c2cc(-c3ccccc3)nc(-c3ccc(-n4c5ccccc5c5c6oc(-c7ccccc7)cc6ccc54)cc3)c2)cc1.c1ccc(-c2cc(-c3ccccc3)nc(-c3ccc(-n4c5ccccc5c5c6oc(-c7ccccc7)cc6ccc54)cc3)n2)cc1. The Bertz CT molecular complexity index is 8160. The van der Waals surface area contributed by atoms with E-state index in [2.05, 4.69) is 378 Å². The summed E-state index contributed by atoms with van der Waals surface area (Å²) in [5.74, 6) is 4.03. The van der Waals surface area contributed by atoms with Crippen LogP contribution in [0, 0.1) is 0 Å². The van der Waals surface area contributed by atoms with Crippen molar-refractivity contribution in [3.63, 3.8) is 0 Å². The zero-order valence-corrected chi connectivity index (χ0v) is 74.6. The van der Waals surface area contributed by atoms with Gasteiger partial charge in [-0.3, -0.25) is 0 Å². The Morgan fingerprint density at radius 2 is 0.377 bits per heavy atom. The molecule has 27 rings (SSSR count). The number of nitrogens with zero attached hydrogens (tertiary/aromatic N) is 8. The average Bonchev–Trinajstić information content (AvgIpc) is 1.58. The van der Waals surface area contributed by atoms with Crippen molar-refractivity contribution in [1.82, 2.24) is 38.6 Å². The number of fused-ring (bicyclic) bond motifs is 15. The van der Waals surface area contributed by atoms with E-state index in [1.807, 2.05) is 133 Å². The number of aromatic nitrogens is 8. The van der Waals surface area contributed by atoms with Gasteiger partial charge in [-0.25, -0.2) is 24.9 Å². The van der Waals surface area contributed by atoms with Gasteiger partial charge in [0.05, 0.1) is 83.4 Å². The molecule has 0 atom stereocenters. The van der Waals surface area contributed by atoms with E-state index in [1.54, 1.807) is 0 Å². The molecule has 138 heavy (non-hydrogen) atoms. The largest absolute Gasteiger partial charge is 0.455 e. The molecule has 0 radical (unpaired) electrons. The van der Waals surface area contributed by atoms with Crippen molar-refractivity contribution in [1.29, 1.82) is 0 Å². The van der Waals surface area contributed by atoms with E-state index in [0.717, 1.165) is 228 Å². The van der Waals surface area contributed by atoms with E-state index in [0.29, 0.717) is 11.6 Å². The highest BCUT2D eigenvalue weighted by atomic mass is 16.3. The van der Waals surface area contributed by atoms with E-state index in [4.69, 9.17) is 38.2 Å². The Kier molecular flexibility index (Phi) is 20.7. The van der Waals surface area contributed by atoms with Gasteiger partial charge in [0.2, 0.25) is 0 Å². The Morgan fingerprint density at radius 3 is 0.667 bits per heavy atom. The summed E-state index contributed by atoms with van der Waals surface area (Å²) in [4.78, 5) is 25.2. The monoisotopic (exact) mass is 1770 g/mol. The molecule has 9 aromatic heterocycles. The van der Waals surface area contributed by atoms with Crippen molar-refractivity contribution in [3.8, 4) is 152 Å². The molecule has 11 nitrogen and oxygen atoms in total. The maximum absolute atomic E-state index is 6.58. The third-order valence-corrected chi connectivity index (χ3v) is 26.1. The van der Waals surface area contributed by atoms with Crippen molar-refractivity contribution >= 4 is 98.3 Å². The number of hydrogen-bond donors (Lipinski definition) is 0. The van der Waals surface area contributed by atoms with Crippen molar-refractivity contribution in [2.45, 2.75) is 0 Å². The van der Waals surface area contributed by atoms with Crippen molar-refractivity contribution in [2.24, 2.45) is 0 Å². The van der Waals surface area contributed by atoms with Gasteiger partial charge < -0.3 is 27.0 Å². The fourth-order valence-electron chi connectivity index (χ4n) is 19.4. The minimum Gasteiger partial charge on any atom is -0.455 e. The van der Waals surface area contributed by atoms with Crippen LogP contribution >= 0.6 is 0 Å². The first-order chi connectivity index (χ1) is 68.4. The molecule has 0 unspecified atom stereocenters. The predicted molar refractivity (Wildman–Crippen MR) is 566 cm³/mol. The van der Waals surface area contributed by atoms with Crippen LogP contribution in [-0.2, 0) is 0 Å². The summed E-state index contributed by atoms with van der Waals surface area (Å²) < 4.78 is 26.7. The maximum Gasteiger partial charge on any atom is 0.160 e. The average molecular weight is 1770 g/mol. The first-order valence-electron chi connectivity index (χ1n) is 46.4. The molecule has 0 spiro atoms. The molecule has 0 saturated carbocycles. The maximum atomic E-state index is 6.58. The number of benzene rings is 18. The van der Waals surface area contributed by atoms with Crippen molar-refractivity contribution in [3.05, 3.63) is 497 Å². The van der Waals surface area contributed by atoms with Crippen LogP contribution in [0.2, 0.25) is 0 Å². The zero-order valence-electron chi connectivity index (χ0n) is 74.6. The molecule has 0 saturated heterocycles. The van der Waals surface area contributed by atoms with Crippen LogP contribution in [0.25, 0.3) is 251 Å². The smallest absolute Gasteiger partial charge is 0.160 e. The Morgan fingerprint density at radius 1 is 0.152 bits per heavy atom.